The van der Waals surface area contributed by atoms with E-state index in [1.165, 1.54) is 19.2 Å². The van der Waals surface area contributed by atoms with Crippen LogP contribution >= 0.6 is 24.8 Å². The van der Waals surface area contributed by atoms with Gasteiger partial charge in [0.1, 0.15) is 11.6 Å². The molecule has 1 fully saturated rings. The van der Waals surface area contributed by atoms with Gasteiger partial charge in [-0.2, -0.15) is 0 Å². The summed E-state index contributed by atoms with van der Waals surface area (Å²) < 4.78 is 18.6. The lowest BCUT2D eigenvalue weighted by molar-refractivity contribution is -0.130. The summed E-state index contributed by atoms with van der Waals surface area (Å²) in [6, 6.07) is 11.9. The van der Waals surface area contributed by atoms with E-state index in [2.05, 4.69) is 4.90 Å². The monoisotopic (exact) mass is 415 g/mol. The number of methoxy groups -OCH3 is 1. The van der Waals surface area contributed by atoms with Crippen LogP contribution in [-0.2, 0) is 11.2 Å². The van der Waals surface area contributed by atoms with Crippen LogP contribution in [0.4, 0.5) is 15.8 Å². The summed E-state index contributed by atoms with van der Waals surface area (Å²) in [6.45, 7) is 2.65. The van der Waals surface area contributed by atoms with Gasteiger partial charge in [-0.25, -0.2) is 4.39 Å². The summed E-state index contributed by atoms with van der Waals surface area (Å²) in [5.41, 5.74) is 8.18. The van der Waals surface area contributed by atoms with Crippen LogP contribution in [0.1, 0.15) is 5.56 Å². The maximum atomic E-state index is 13.3. The van der Waals surface area contributed by atoms with Gasteiger partial charge >= 0.3 is 0 Å². The molecule has 3 rings (SSSR count). The molecule has 148 valence electrons. The number of carbonyl (C=O) groups is 1. The van der Waals surface area contributed by atoms with Gasteiger partial charge in [-0.05, 0) is 29.8 Å². The Morgan fingerprint density at radius 2 is 1.70 bits per heavy atom. The van der Waals surface area contributed by atoms with Gasteiger partial charge in [0.2, 0.25) is 5.91 Å². The topological polar surface area (TPSA) is 58.8 Å². The molecule has 27 heavy (non-hydrogen) atoms. The molecular formula is C19H24Cl2FN3O2. The van der Waals surface area contributed by atoms with Crippen molar-refractivity contribution in [2.24, 2.45) is 0 Å². The number of rotatable bonds is 4. The number of nitrogens with two attached hydrogens (primary N) is 1. The van der Waals surface area contributed by atoms with E-state index in [1.54, 1.807) is 18.2 Å². The number of carbonyl (C=O) groups excluding carboxylic acids is 1. The smallest absolute Gasteiger partial charge is 0.227 e. The van der Waals surface area contributed by atoms with Crippen molar-refractivity contribution in [3.05, 3.63) is 53.8 Å². The van der Waals surface area contributed by atoms with Crippen molar-refractivity contribution in [2.45, 2.75) is 6.42 Å². The summed E-state index contributed by atoms with van der Waals surface area (Å²) >= 11 is 0. The van der Waals surface area contributed by atoms with E-state index in [4.69, 9.17) is 10.5 Å². The van der Waals surface area contributed by atoms with E-state index in [0.29, 0.717) is 44.0 Å². The highest BCUT2D eigenvalue weighted by atomic mass is 35.5. The molecule has 0 bridgehead atoms. The van der Waals surface area contributed by atoms with Crippen LogP contribution in [0, 0.1) is 5.82 Å². The van der Waals surface area contributed by atoms with Gasteiger partial charge in [0.25, 0.3) is 0 Å². The van der Waals surface area contributed by atoms with Gasteiger partial charge < -0.3 is 20.3 Å². The molecule has 0 radical (unpaired) electrons. The maximum Gasteiger partial charge on any atom is 0.227 e. The van der Waals surface area contributed by atoms with E-state index in [1.807, 2.05) is 17.0 Å². The quantitative estimate of drug-likeness (QED) is 0.779. The van der Waals surface area contributed by atoms with Crippen LogP contribution in [0.5, 0.6) is 5.75 Å². The molecule has 1 aliphatic heterocycles. The number of nitrogen functional groups attached to an aromatic ring is 1. The van der Waals surface area contributed by atoms with Crippen molar-refractivity contribution in [3.63, 3.8) is 0 Å². The minimum atomic E-state index is -0.321. The zero-order chi connectivity index (χ0) is 17.8. The Labute approximate surface area is 171 Å². The van der Waals surface area contributed by atoms with Crippen molar-refractivity contribution < 1.29 is 13.9 Å². The van der Waals surface area contributed by atoms with Gasteiger partial charge in [-0.3, -0.25) is 4.79 Å². The van der Waals surface area contributed by atoms with E-state index in [0.717, 1.165) is 11.3 Å². The number of benzene rings is 2. The molecule has 2 N–H and O–H groups in total. The summed E-state index contributed by atoms with van der Waals surface area (Å²) in [7, 11) is 1.53. The van der Waals surface area contributed by atoms with E-state index >= 15 is 0 Å². The van der Waals surface area contributed by atoms with Gasteiger partial charge in [0, 0.05) is 37.9 Å². The SMILES string of the molecule is COc1cc(F)ccc1N1CCN(C(=O)Cc2ccc(N)cc2)CC1.Cl.Cl. The Kier molecular flexibility index (Phi) is 8.66. The fraction of sp³-hybridized carbons (Fsp3) is 0.316. The van der Waals surface area contributed by atoms with Crippen LogP contribution < -0.4 is 15.4 Å². The number of ether oxygens (including phenoxy) is 1. The number of hydrogen-bond acceptors (Lipinski definition) is 4. The fourth-order valence-corrected chi connectivity index (χ4v) is 3.03. The van der Waals surface area contributed by atoms with Crippen LogP contribution in [0.2, 0.25) is 0 Å². The van der Waals surface area contributed by atoms with Crippen LogP contribution in [0.3, 0.4) is 0 Å². The molecule has 0 saturated carbocycles. The first-order valence-corrected chi connectivity index (χ1v) is 8.27. The lowest BCUT2D eigenvalue weighted by Crippen LogP contribution is -2.49. The molecule has 2 aromatic carbocycles. The first-order chi connectivity index (χ1) is 12.1. The number of hydrogen-bond donors (Lipinski definition) is 1. The predicted octanol–water partition coefficient (Wildman–Crippen LogP) is 3.15. The molecule has 1 heterocycles. The first-order valence-electron chi connectivity index (χ1n) is 8.27. The summed E-state index contributed by atoms with van der Waals surface area (Å²) in [6.07, 6.45) is 0.375. The number of halogens is 3. The molecule has 1 saturated heterocycles. The summed E-state index contributed by atoms with van der Waals surface area (Å²) in [5, 5.41) is 0. The zero-order valence-electron chi connectivity index (χ0n) is 15.1. The average Bonchev–Trinajstić information content (AvgIpc) is 2.63. The van der Waals surface area contributed by atoms with E-state index in [9.17, 15) is 9.18 Å². The molecule has 0 unspecified atom stereocenters. The molecular weight excluding hydrogens is 392 g/mol. The first kappa shape index (κ1) is 22.9. The standard InChI is InChI=1S/C19H22FN3O2.2ClH/c1-25-18-13-15(20)4-7-17(18)22-8-10-23(11-9-22)19(24)12-14-2-5-16(21)6-3-14;;/h2-7,13H,8-12,21H2,1H3;2*1H. The highest BCUT2D eigenvalue weighted by Gasteiger charge is 2.23. The van der Waals surface area contributed by atoms with Gasteiger partial charge in [-0.15, -0.1) is 24.8 Å². The lowest BCUT2D eigenvalue weighted by atomic mass is 10.1. The predicted molar refractivity (Wildman–Crippen MR) is 111 cm³/mol. The van der Waals surface area contributed by atoms with Crippen LogP contribution in [0.15, 0.2) is 42.5 Å². The number of anilines is 2. The number of nitrogens with zero attached hydrogens (tertiary/aromatic N) is 2. The van der Waals surface area contributed by atoms with Crippen molar-refractivity contribution in [3.8, 4) is 5.75 Å². The lowest BCUT2D eigenvalue weighted by Gasteiger charge is -2.36. The average molecular weight is 416 g/mol. The van der Waals surface area contributed by atoms with E-state index in [-0.39, 0.29) is 36.5 Å². The number of piperazine rings is 1. The molecule has 0 atom stereocenters. The van der Waals surface area contributed by atoms with Crippen molar-refractivity contribution >= 4 is 42.1 Å². The number of amides is 1. The van der Waals surface area contributed by atoms with Gasteiger partial charge in [0.05, 0.1) is 19.2 Å². The normalized spacial score (nSPS) is 13.4. The van der Waals surface area contributed by atoms with Gasteiger partial charge in [-0.1, -0.05) is 12.1 Å². The maximum absolute atomic E-state index is 13.3. The summed E-state index contributed by atoms with van der Waals surface area (Å²) in [5.74, 6) is 0.301. The molecule has 5 nitrogen and oxygen atoms in total. The fourth-order valence-electron chi connectivity index (χ4n) is 3.03. The largest absolute Gasteiger partial charge is 0.494 e. The van der Waals surface area contributed by atoms with Crippen molar-refractivity contribution in [1.82, 2.24) is 4.90 Å². The highest BCUT2D eigenvalue weighted by molar-refractivity contribution is 5.85. The third kappa shape index (κ3) is 5.65. The van der Waals surface area contributed by atoms with Gasteiger partial charge in [0.15, 0.2) is 0 Å². The third-order valence-electron chi connectivity index (χ3n) is 4.45. The highest BCUT2D eigenvalue weighted by Crippen LogP contribution is 2.29. The van der Waals surface area contributed by atoms with Crippen LogP contribution in [-0.4, -0.2) is 44.1 Å². The molecule has 8 heteroatoms. The molecule has 2 aromatic rings. The van der Waals surface area contributed by atoms with E-state index < -0.39 is 0 Å². The second-order valence-corrected chi connectivity index (χ2v) is 6.10. The molecule has 1 amide bonds. The second-order valence-electron chi connectivity index (χ2n) is 6.10. The summed E-state index contributed by atoms with van der Waals surface area (Å²) in [4.78, 5) is 16.4. The Bertz CT molecular complexity index is 751. The minimum Gasteiger partial charge on any atom is -0.494 e. The Morgan fingerprint density at radius 3 is 2.30 bits per heavy atom. The molecule has 0 aliphatic carbocycles. The Hall–Kier alpha value is -2.18. The Balaban J connectivity index is 0.00000182. The Morgan fingerprint density at radius 1 is 1.07 bits per heavy atom. The molecule has 1 aliphatic rings. The third-order valence-corrected chi connectivity index (χ3v) is 4.45. The van der Waals surface area contributed by atoms with Crippen molar-refractivity contribution in [1.29, 1.82) is 0 Å². The second kappa shape index (κ2) is 10.2. The van der Waals surface area contributed by atoms with Crippen LogP contribution in [0.25, 0.3) is 0 Å². The zero-order valence-corrected chi connectivity index (χ0v) is 16.7. The molecule has 0 spiro atoms. The molecule has 0 aromatic heterocycles. The minimum absolute atomic E-state index is 0. The van der Waals surface area contributed by atoms with Crippen molar-refractivity contribution in [2.75, 3.05) is 43.9 Å².